The van der Waals surface area contributed by atoms with E-state index in [1.807, 2.05) is 6.92 Å². The van der Waals surface area contributed by atoms with Gasteiger partial charge in [0.2, 0.25) is 0 Å². The minimum absolute atomic E-state index is 0.0775. The van der Waals surface area contributed by atoms with E-state index in [0.717, 1.165) is 25.6 Å². The molecule has 60 valence electrons. The van der Waals surface area contributed by atoms with Gasteiger partial charge in [-0.2, -0.15) is 0 Å². The summed E-state index contributed by atoms with van der Waals surface area (Å²) in [5.41, 5.74) is 0. The Balaban J connectivity index is 2.18. The third kappa shape index (κ3) is 2.27. The van der Waals surface area contributed by atoms with Crippen molar-refractivity contribution >= 4 is 0 Å². The van der Waals surface area contributed by atoms with Crippen molar-refractivity contribution in [3.63, 3.8) is 0 Å². The molecule has 0 aliphatic carbocycles. The molecule has 1 aliphatic rings. The van der Waals surface area contributed by atoms with Crippen molar-refractivity contribution in [2.75, 3.05) is 13.2 Å². The third-order valence-corrected chi connectivity index (χ3v) is 1.86. The van der Waals surface area contributed by atoms with E-state index in [1.54, 1.807) is 0 Å². The molecule has 2 atom stereocenters. The van der Waals surface area contributed by atoms with Gasteiger partial charge < -0.3 is 9.47 Å². The molecule has 0 unspecified atom stereocenters. The second kappa shape index (κ2) is 3.94. The Morgan fingerprint density at radius 2 is 2.40 bits per heavy atom. The summed E-state index contributed by atoms with van der Waals surface area (Å²) < 4.78 is 10.7. The normalized spacial score (nSPS) is 34.2. The van der Waals surface area contributed by atoms with Gasteiger partial charge in [0.25, 0.3) is 0 Å². The lowest BCUT2D eigenvalue weighted by Crippen LogP contribution is -2.26. The van der Waals surface area contributed by atoms with Crippen molar-refractivity contribution < 1.29 is 9.47 Å². The molecule has 2 heteroatoms. The zero-order chi connectivity index (χ0) is 7.40. The Hall–Kier alpha value is -0.0800. The van der Waals surface area contributed by atoms with E-state index in [4.69, 9.17) is 9.47 Å². The van der Waals surface area contributed by atoms with Gasteiger partial charge in [-0.25, -0.2) is 0 Å². The molecule has 0 aromatic heterocycles. The molecule has 1 fully saturated rings. The highest BCUT2D eigenvalue weighted by molar-refractivity contribution is 4.61. The average molecular weight is 144 g/mol. The van der Waals surface area contributed by atoms with Gasteiger partial charge in [-0.3, -0.25) is 0 Å². The summed E-state index contributed by atoms with van der Waals surface area (Å²) in [6.45, 7) is 5.88. The number of rotatable bonds is 2. The molecular formula is C8H16O2. The van der Waals surface area contributed by atoms with Crippen LogP contribution in [0.25, 0.3) is 0 Å². The first-order valence-electron chi connectivity index (χ1n) is 4.06. The second-order valence-corrected chi connectivity index (χ2v) is 2.89. The Kier molecular flexibility index (Phi) is 3.16. The van der Waals surface area contributed by atoms with Gasteiger partial charge in [0.1, 0.15) is 0 Å². The quantitative estimate of drug-likeness (QED) is 0.588. The maximum atomic E-state index is 5.37. The van der Waals surface area contributed by atoms with Crippen LogP contribution in [0.4, 0.5) is 0 Å². The van der Waals surface area contributed by atoms with Crippen LogP contribution in [0.1, 0.15) is 26.7 Å². The smallest absolute Gasteiger partial charge is 0.157 e. The summed E-state index contributed by atoms with van der Waals surface area (Å²) in [4.78, 5) is 0. The van der Waals surface area contributed by atoms with Crippen LogP contribution in [-0.2, 0) is 9.47 Å². The molecule has 0 bridgehead atoms. The Labute approximate surface area is 62.5 Å². The molecule has 1 rings (SSSR count). The average Bonchev–Trinajstić information content (AvgIpc) is 1.88. The van der Waals surface area contributed by atoms with Crippen LogP contribution in [0.2, 0.25) is 0 Å². The van der Waals surface area contributed by atoms with Crippen molar-refractivity contribution in [3.8, 4) is 0 Å². The minimum Gasteiger partial charge on any atom is -0.353 e. The van der Waals surface area contributed by atoms with E-state index < -0.39 is 0 Å². The summed E-state index contributed by atoms with van der Waals surface area (Å²) >= 11 is 0. The number of hydrogen-bond donors (Lipinski definition) is 0. The van der Waals surface area contributed by atoms with Gasteiger partial charge in [0, 0.05) is 19.6 Å². The molecule has 0 N–H and O–H groups in total. The first kappa shape index (κ1) is 8.02. The predicted molar refractivity (Wildman–Crippen MR) is 39.8 cm³/mol. The van der Waals surface area contributed by atoms with Crippen LogP contribution in [0.15, 0.2) is 0 Å². The maximum Gasteiger partial charge on any atom is 0.157 e. The van der Waals surface area contributed by atoms with Crippen molar-refractivity contribution in [1.29, 1.82) is 0 Å². The fourth-order valence-corrected chi connectivity index (χ4v) is 1.22. The molecule has 1 heterocycles. The van der Waals surface area contributed by atoms with Gasteiger partial charge >= 0.3 is 0 Å². The third-order valence-electron chi connectivity index (χ3n) is 1.86. The van der Waals surface area contributed by atoms with E-state index in [1.165, 1.54) is 6.42 Å². The Morgan fingerprint density at radius 1 is 1.60 bits per heavy atom. The monoisotopic (exact) mass is 144 g/mol. The lowest BCUT2D eigenvalue weighted by Gasteiger charge is -2.26. The molecule has 0 aromatic carbocycles. The molecule has 0 aromatic rings. The zero-order valence-corrected chi connectivity index (χ0v) is 6.80. The zero-order valence-electron chi connectivity index (χ0n) is 6.80. The summed E-state index contributed by atoms with van der Waals surface area (Å²) in [5, 5.41) is 0. The van der Waals surface area contributed by atoms with Gasteiger partial charge in [0.05, 0.1) is 0 Å². The Bertz CT molecular complexity index is 91.3. The SMILES string of the molecule is CCO[C@H]1C[C@H](C)CCO1. The molecule has 1 aliphatic heterocycles. The van der Waals surface area contributed by atoms with E-state index in [2.05, 4.69) is 6.92 Å². The summed E-state index contributed by atoms with van der Waals surface area (Å²) in [7, 11) is 0. The fraction of sp³-hybridized carbons (Fsp3) is 1.00. The number of ether oxygens (including phenoxy) is 2. The highest BCUT2D eigenvalue weighted by Crippen LogP contribution is 2.19. The molecule has 0 saturated carbocycles. The molecule has 0 radical (unpaired) electrons. The van der Waals surface area contributed by atoms with Crippen molar-refractivity contribution in [3.05, 3.63) is 0 Å². The van der Waals surface area contributed by atoms with Gasteiger partial charge in [-0.15, -0.1) is 0 Å². The topological polar surface area (TPSA) is 18.5 Å². The van der Waals surface area contributed by atoms with Gasteiger partial charge in [-0.1, -0.05) is 6.92 Å². The highest BCUT2D eigenvalue weighted by atomic mass is 16.7. The van der Waals surface area contributed by atoms with Crippen LogP contribution in [0.3, 0.4) is 0 Å². The van der Waals surface area contributed by atoms with Crippen molar-refractivity contribution in [1.82, 2.24) is 0 Å². The van der Waals surface area contributed by atoms with E-state index in [-0.39, 0.29) is 6.29 Å². The molecule has 0 amide bonds. The van der Waals surface area contributed by atoms with Crippen LogP contribution in [0.5, 0.6) is 0 Å². The first-order chi connectivity index (χ1) is 4.83. The summed E-state index contributed by atoms with van der Waals surface area (Å²) in [5.74, 6) is 0.769. The number of hydrogen-bond acceptors (Lipinski definition) is 2. The van der Waals surface area contributed by atoms with E-state index in [0.29, 0.717) is 0 Å². The lowest BCUT2D eigenvalue weighted by atomic mass is 10.0. The molecule has 0 spiro atoms. The predicted octanol–water partition coefficient (Wildman–Crippen LogP) is 1.80. The first-order valence-corrected chi connectivity index (χ1v) is 4.06. The Morgan fingerprint density at radius 3 is 3.00 bits per heavy atom. The van der Waals surface area contributed by atoms with Crippen LogP contribution in [0, 0.1) is 5.92 Å². The second-order valence-electron chi connectivity index (χ2n) is 2.89. The molecule has 2 nitrogen and oxygen atoms in total. The van der Waals surface area contributed by atoms with Gasteiger partial charge in [0.15, 0.2) is 6.29 Å². The minimum atomic E-state index is 0.0775. The van der Waals surface area contributed by atoms with Crippen molar-refractivity contribution in [2.45, 2.75) is 33.0 Å². The van der Waals surface area contributed by atoms with Gasteiger partial charge in [-0.05, 0) is 19.3 Å². The van der Waals surface area contributed by atoms with Crippen LogP contribution in [-0.4, -0.2) is 19.5 Å². The molecule has 10 heavy (non-hydrogen) atoms. The van der Waals surface area contributed by atoms with Crippen molar-refractivity contribution in [2.24, 2.45) is 5.92 Å². The molecule has 1 saturated heterocycles. The standard InChI is InChI=1S/C8H16O2/c1-3-9-8-6-7(2)4-5-10-8/h7-8H,3-6H2,1-2H3/t7-,8-/m1/s1. The lowest BCUT2D eigenvalue weighted by molar-refractivity contribution is -0.169. The van der Waals surface area contributed by atoms with E-state index in [9.17, 15) is 0 Å². The maximum absolute atomic E-state index is 5.37. The largest absolute Gasteiger partial charge is 0.353 e. The fourth-order valence-electron chi connectivity index (χ4n) is 1.22. The summed E-state index contributed by atoms with van der Waals surface area (Å²) in [6.07, 6.45) is 2.32. The van der Waals surface area contributed by atoms with E-state index >= 15 is 0 Å². The van der Waals surface area contributed by atoms with Crippen LogP contribution >= 0.6 is 0 Å². The highest BCUT2D eigenvalue weighted by Gasteiger charge is 2.18. The molecular weight excluding hydrogens is 128 g/mol. The van der Waals surface area contributed by atoms with Crippen LogP contribution < -0.4 is 0 Å². The summed E-state index contributed by atoms with van der Waals surface area (Å²) in [6, 6.07) is 0.